The number of quaternary nitrogens is 1. The van der Waals surface area contributed by atoms with Crippen LogP contribution in [0.5, 0.6) is 0 Å². The van der Waals surface area contributed by atoms with Crippen LogP contribution >= 0.6 is 0 Å². The first kappa shape index (κ1) is 10.3. The molecule has 0 fully saturated rings. The Hall–Kier alpha value is -0.700. The number of hydrogen-bond donors (Lipinski definition) is 0. The van der Waals surface area contributed by atoms with Crippen LogP contribution in [0.15, 0.2) is 0 Å². The van der Waals surface area contributed by atoms with Gasteiger partial charge in [-0.05, 0) is 13.8 Å². The molecule has 0 aliphatic carbocycles. The van der Waals surface area contributed by atoms with E-state index in [0.29, 0.717) is 0 Å². The molecule has 0 aliphatic rings. The predicted molar refractivity (Wildman–Crippen MR) is 42.9 cm³/mol. The second-order valence-corrected chi connectivity index (χ2v) is 3.74. The van der Waals surface area contributed by atoms with E-state index >= 15 is 0 Å². The molecule has 0 aromatic heterocycles. The Morgan fingerprint density at radius 2 is 1.73 bits per heavy atom. The molecule has 0 spiro atoms. The highest BCUT2D eigenvalue weighted by atomic mass is 16.2. The van der Waals surface area contributed by atoms with E-state index in [-0.39, 0.29) is 10.4 Å². The molecular weight excluding hydrogens is 142 g/mol. The molecule has 0 atom stereocenters. The topological polar surface area (TPSA) is 34.1 Å². The molecule has 0 rings (SSSR count). The van der Waals surface area contributed by atoms with Gasteiger partial charge in [0, 0.05) is 0 Å². The summed E-state index contributed by atoms with van der Waals surface area (Å²) in [5.74, 6) is -0.0119. The van der Waals surface area contributed by atoms with E-state index in [0.717, 1.165) is 6.29 Å². The number of amides is 1. The second kappa shape index (κ2) is 2.74. The number of carbonyl (C=O) groups excluding carboxylic acids is 2. The Morgan fingerprint density at radius 3 is 1.82 bits per heavy atom. The molecule has 0 heterocycles. The van der Waals surface area contributed by atoms with Crippen molar-refractivity contribution in [2.24, 2.45) is 0 Å². The molecule has 0 N–H and O–H groups in total. The van der Waals surface area contributed by atoms with Gasteiger partial charge in [0.25, 0.3) is 0 Å². The number of likely N-dealkylation sites (N-methyl/N-ethyl adjacent to an activating group) is 1. The molecule has 1 amide bonds. The van der Waals surface area contributed by atoms with E-state index in [1.807, 2.05) is 0 Å². The zero-order chi connectivity index (χ0) is 9.28. The average molecular weight is 158 g/mol. The molecule has 0 saturated carbocycles. The summed E-state index contributed by atoms with van der Waals surface area (Å²) < 4.78 is 0.0938. The van der Waals surface area contributed by atoms with E-state index < -0.39 is 5.54 Å². The van der Waals surface area contributed by atoms with E-state index in [4.69, 9.17) is 0 Å². The van der Waals surface area contributed by atoms with Crippen molar-refractivity contribution in [3.05, 3.63) is 0 Å². The minimum Gasteiger partial charge on any atom is -0.296 e. The first-order valence-electron chi connectivity index (χ1n) is 3.57. The lowest BCUT2D eigenvalue weighted by atomic mass is 10.0. The fourth-order valence-corrected chi connectivity index (χ4v) is 0.538. The Bertz CT molecular complexity index is 183. The SMILES string of the molecule is CC(=O)[N+](C)(C)C(C)(C)C=O. The Labute approximate surface area is 67.6 Å². The number of rotatable bonds is 2. The maximum atomic E-state index is 11.1. The van der Waals surface area contributed by atoms with Crippen molar-refractivity contribution < 1.29 is 14.1 Å². The minimum absolute atomic E-state index is 0.0119. The van der Waals surface area contributed by atoms with Crippen LogP contribution in [0.3, 0.4) is 0 Å². The van der Waals surface area contributed by atoms with E-state index in [9.17, 15) is 9.59 Å². The van der Waals surface area contributed by atoms with Gasteiger partial charge < -0.3 is 0 Å². The third kappa shape index (κ3) is 1.66. The van der Waals surface area contributed by atoms with Crippen LogP contribution in [0, 0.1) is 0 Å². The Morgan fingerprint density at radius 1 is 1.36 bits per heavy atom. The van der Waals surface area contributed by atoms with Crippen molar-refractivity contribution in [1.29, 1.82) is 0 Å². The van der Waals surface area contributed by atoms with Crippen LogP contribution in [-0.4, -0.2) is 36.3 Å². The molecule has 0 saturated heterocycles. The molecule has 0 bridgehead atoms. The summed E-state index contributed by atoms with van der Waals surface area (Å²) in [4.78, 5) is 21.7. The van der Waals surface area contributed by atoms with Crippen molar-refractivity contribution >= 4 is 12.2 Å². The predicted octanol–water partition coefficient (Wildman–Crippen LogP) is 0.587. The molecule has 0 aliphatic heterocycles. The number of nitrogens with zero attached hydrogens (tertiary/aromatic N) is 1. The molecular formula is C8H16NO2+. The van der Waals surface area contributed by atoms with Crippen molar-refractivity contribution in [2.75, 3.05) is 14.1 Å². The third-order valence-corrected chi connectivity index (χ3v) is 2.52. The van der Waals surface area contributed by atoms with Gasteiger partial charge in [-0.1, -0.05) is 0 Å². The number of aldehydes is 1. The summed E-state index contributed by atoms with van der Waals surface area (Å²) >= 11 is 0. The van der Waals surface area contributed by atoms with Crippen LogP contribution < -0.4 is 0 Å². The van der Waals surface area contributed by atoms with Gasteiger partial charge in [-0.2, -0.15) is 0 Å². The van der Waals surface area contributed by atoms with E-state index in [1.165, 1.54) is 6.92 Å². The molecule has 0 aromatic rings. The van der Waals surface area contributed by atoms with E-state index in [1.54, 1.807) is 27.9 Å². The first-order valence-corrected chi connectivity index (χ1v) is 3.57. The molecule has 0 aromatic carbocycles. The van der Waals surface area contributed by atoms with Gasteiger partial charge in [0.1, 0.15) is 0 Å². The zero-order valence-corrected chi connectivity index (χ0v) is 7.84. The van der Waals surface area contributed by atoms with Crippen LogP contribution in [0.2, 0.25) is 0 Å². The summed E-state index contributed by atoms with van der Waals surface area (Å²) in [6, 6.07) is 0. The lowest BCUT2D eigenvalue weighted by Crippen LogP contribution is -2.59. The normalized spacial score (nSPS) is 12.8. The molecule has 0 unspecified atom stereocenters. The number of hydrogen-bond acceptors (Lipinski definition) is 2. The monoisotopic (exact) mass is 158 g/mol. The third-order valence-electron chi connectivity index (χ3n) is 2.52. The maximum absolute atomic E-state index is 11.1. The summed E-state index contributed by atoms with van der Waals surface area (Å²) in [7, 11) is 3.47. The van der Waals surface area contributed by atoms with E-state index in [2.05, 4.69) is 0 Å². The van der Waals surface area contributed by atoms with Gasteiger partial charge in [0.2, 0.25) is 0 Å². The van der Waals surface area contributed by atoms with Gasteiger partial charge in [-0.3, -0.25) is 9.28 Å². The van der Waals surface area contributed by atoms with Crippen molar-refractivity contribution in [1.82, 2.24) is 0 Å². The zero-order valence-electron chi connectivity index (χ0n) is 7.84. The van der Waals surface area contributed by atoms with Crippen molar-refractivity contribution in [2.45, 2.75) is 26.3 Å². The fourth-order valence-electron chi connectivity index (χ4n) is 0.538. The van der Waals surface area contributed by atoms with Crippen LogP contribution in [-0.2, 0) is 9.59 Å². The van der Waals surface area contributed by atoms with Gasteiger partial charge >= 0.3 is 5.91 Å². The lowest BCUT2D eigenvalue weighted by molar-refractivity contribution is -0.852. The van der Waals surface area contributed by atoms with Crippen LogP contribution in [0.1, 0.15) is 20.8 Å². The molecule has 11 heavy (non-hydrogen) atoms. The molecule has 64 valence electrons. The molecule has 3 heteroatoms. The standard InChI is InChI=1S/C8H16NO2/c1-7(11)9(4,5)8(2,3)6-10/h6H,1-5H3/q+1. The van der Waals surface area contributed by atoms with Crippen molar-refractivity contribution in [3.8, 4) is 0 Å². The highest BCUT2D eigenvalue weighted by molar-refractivity contribution is 5.71. The summed E-state index contributed by atoms with van der Waals surface area (Å²) in [5, 5.41) is 0. The lowest BCUT2D eigenvalue weighted by Gasteiger charge is -2.37. The summed E-state index contributed by atoms with van der Waals surface area (Å²) in [5.41, 5.74) is -0.633. The van der Waals surface area contributed by atoms with Gasteiger partial charge in [-0.25, -0.2) is 4.79 Å². The number of carbonyl (C=O) groups is 2. The quantitative estimate of drug-likeness (QED) is 0.435. The average Bonchev–Trinajstić information content (AvgIpc) is 1.87. The largest absolute Gasteiger partial charge is 0.310 e. The van der Waals surface area contributed by atoms with Gasteiger partial charge in [0.05, 0.1) is 21.0 Å². The second-order valence-electron chi connectivity index (χ2n) is 3.74. The Kier molecular flexibility index (Phi) is 2.56. The molecule has 3 nitrogen and oxygen atoms in total. The smallest absolute Gasteiger partial charge is 0.296 e. The van der Waals surface area contributed by atoms with Gasteiger partial charge in [0.15, 0.2) is 11.8 Å². The maximum Gasteiger partial charge on any atom is 0.310 e. The Balaban J connectivity index is 4.81. The van der Waals surface area contributed by atoms with Gasteiger partial charge in [-0.15, -0.1) is 0 Å². The minimum atomic E-state index is -0.633. The van der Waals surface area contributed by atoms with Crippen LogP contribution in [0.25, 0.3) is 0 Å². The summed E-state index contributed by atoms with van der Waals surface area (Å²) in [6.45, 7) is 4.99. The first-order chi connectivity index (χ1) is 4.75. The fraction of sp³-hybridized carbons (Fsp3) is 0.750. The highest BCUT2D eigenvalue weighted by Crippen LogP contribution is 2.17. The highest BCUT2D eigenvalue weighted by Gasteiger charge is 2.40. The van der Waals surface area contributed by atoms with Crippen LogP contribution in [0.4, 0.5) is 0 Å². The summed E-state index contributed by atoms with van der Waals surface area (Å²) in [6.07, 6.45) is 0.814. The van der Waals surface area contributed by atoms with Crippen molar-refractivity contribution in [3.63, 3.8) is 0 Å². The molecule has 0 radical (unpaired) electrons.